The number of amides is 2. The van der Waals surface area contributed by atoms with Gasteiger partial charge in [-0.25, -0.2) is 0 Å². The van der Waals surface area contributed by atoms with Crippen molar-refractivity contribution in [1.82, 2.24) is 4.90 Å². The first kappa shape index (κ1) is 22.6. The molecule has 166 valence electrons. The highest BCUT2D eigenvalue weighted by molar-refractivity contribution is 5.94. The first-order valence-corrected chi connectivity index (χ1v) is 10.5. The van der Waals surface area contributed by atoms with Crippen LogP contribution in [-0.2, 0) is 9.59 Å². The number of carbonyl (C=O) groups is 2. The second-order valence-corrected chi connectivity index (χ2v) is 7.97. The zero-order chi connectivity index (χ0) is 22.4. The number of likely N-dealkylation sites (tertiary alicyclic amines) is 1. The van der Waals surface area contributed by atoms with Crippen molar-refractivity contribution < 1.29 is 19.1 Å². The third kappa shape index (κ3) is 5.98. The Hall–Kier alpha value is -3.06. The Morgan fingerprint density at radius 2 is 1.71 bits per heavy atom. The molecule has 1 aliphatic heterocycles. The summed E-state index contributed by atoms with van der Waals surface area (Å²) in [6, 6.07) is 11.3. The fourth-order valence-corrected chi connectivity index (χ4v) is 3.85. The molecule has 7 nitrogen and oxygen atoms in total. The molecule has 0 bridgehead atoms. The molecule has 0 aliphatic carbocycles. The predicted octanol–water partition coefficient (Wildman–Crippen LogP) is 3.61. The van der Waals surface area contributed by atoms with Gasteiger partial charge in [-0.2, -0.15) is 0 Å². The maximum Gasteiger partial charge on any atom is 0.238 e. The molecular weight excluding hydrogens is 394 g/mol. The fraction of sp³-hybridized carbons (Fsp3) is 0.417. The van der Waals surface area contributed by atoms with E-state index < -0.39 is 0 Å². The second-order valence-electron chi connectivity index (χ2n) is 7.97. The highest BCUT2D eigenvalue weighted by Crippen LogP contribution is 2.30. The zero-order valence-corrected chi connectivity index (χ0v) is 18.7. The third-order valence-corrected chi connectivity index (χ3v) is 5.65. The minimum atomic E-state index is -0.102. The number of hydrogen-bond donors (Lipinski definition) is 2. The average Bonchev–Trinajstić information content (AvgIpc) is 2.76. The van der Waals surface area contributed by atoms with Crippen LogP contribution in [0.3, 0.4) is 0 Å². The van der Waals surface area contributed by atoms with Crippen LogP contribution in [0.25, 0.3) is 0 Å². The molecule has 0 radical (unpaired) electrons. The predicted molar refractivity (Wildman–Crippen MR) is 122 cm³/mol. The molecule has 7 heteroatoms. The van der Waals surface area contributed by atoms with E-state index in [0.29, 0.717) is 49.7 Å². The molecule has 2 amide bonds. The monoisotopic (exact) mass is 425 g/mol. The molecule has 1 saturated heterocycles. The zero-order valence-electron chi connectivity index (χ0n) is 18.7. The van der Waals surface area contributed by atoms with E-state index in [0.717, 1.165) is 11.3 Å². The van der Waals surface area contributed by atoms with Crippen LogP contribution in [0.2, 0.25) is 0 Å². The molecular formula is C24H31N3O4. The van der Waals surface area contributed by atoms with E-state index in [1.807, 2.05) is 26.0 Å². The third-order valence-electron chi connectivity index (χ3n) is 5.65. The summed E-state index contributed by atoms with van der Waals surface area (Å²) in [5.74, 6) is 1.08. The topological polar surface area (TPSA) is 79.9 Å². The summed E-state index contributed by atoms with van der Waals surface area (Å²) in [5.41, 5.74) is 3.67. The van der Waals surface area contributed by atoms with Gasteiger partial charge in [-0.05, 0) is 63.5 Å². The van der Waals surface area contributed by atoms with Gasteiger partial charge in [-0.15, -0.1) is 0 Å². The van der Waals surface area contributed by atoms with Crippen LogP contribution >= 0.6 is 0 Å². The minimum Gasteiger partial charge on any atom is -0.497 e. The summed E-state index contributed by atoms with van der Waals surface area (Å²) in [6.45, 7) is 5.75. The van der Waals surface area contributed by atoms with Gasteiger partial charge >= 0.3 is 0 Å². The summed E-state index contributed by atoms with van der Waals surface area (Å²) in [6.07, 6.45) is 1.41. The van der Waals surface area contributed by atoms with Gasteiger partial charge in [0.2, 0.25) is 11.8 Å². The van der Waals surface area contributed by atoms with Crippen LogP contribution in [0.1, 0.15) is 24.0 Å². The number of aryl methyl sites for hydroxylation is 2. The van der Waals surface area contributed by atoms with Gasteiger partial charge in [0.1, 0.15) is 11.5 Å². The van der Waals surface area contributed by atoms with Gasteiger partial charge < -0.3 is 20.1 Å². The summed E-state index contributed by atoms with van der Waals surface area (Å²) >= 11 is 0. The Balaban J connectivity index is 1.50. The number of rotatable bonds is 7. The van der Waals surface area contributed by atoms with Gasteiger partial charge in [0.05, 0.1) is 26.5 Å². The van der Waals surface area contributed by atoms with Crippen molar-refractivity contribution in [3.63, 3.8) is 0 Å². The van der Waals surface area contributed by atoms with Gasteiger partial charge in [-0.1, -0.05) is 17.7 Å². The quantitative estimate of drug-likeness (QED) is 0.708. The van der Waals surface area contributed by atoms with Crippen LogP contribution in [0.5, 0.6) is 11.5 Å². The van der Waals surface area contributed by atoms with E-state index in [4.69, 9.17) is 9.47 Å². The van der Waals surface area contributed by atoms with Crippen molar-refractivity contribution in [1.29, 1.82) is 0 Å². The van der Waals surface area contributed by atoms with Crippen molar-refractivity contribution in [2.45, 2.75) is 26.7 Å². The van der Waals surface area contributed by atoms with Crippen molar-refractivity contribution in [2.75, 3.05) is 44.5 Å². The number of carbonyl (C=O) groups excluding carboxylic acids is 2. The summed E-state index contributed by atoms with van der Waals surface area (Å²) in [7, 11) is 3.15. The Bertz CT molecular complexity index is 936. The minimum absolute atomic E-state index is 0.0315. The van der Waals surface area contributed by atoms with E-state index in [1.54, 1.807) is 32.4 Å². The number of methoxy groups -OCH3 is 2. The number of hydrogen-bond acceptors (Lipinski definition) is 5. The van der Waals surface area contributed by atoms with Gasteiger partial charge in [0.25, 0.3) is 0 Å². The number of ether oxygens (including phenoxy) is 2. The molecule has 1 fully saturated rings. The van der Waals surface area contributed by atoms with E-state index in [2.05, 4.69) is 21.6 Å². The SMILES string of the molecule is COc1ccc(OC)c(NC(=O)C2CCN(CC(=O)Nc3ccc(C)cc3C)CC2)c1. The first-order chi connectivity index (χ1) is 14.9. The molecule has 0 spiro atoms. The lowest BCUT2D eigenvalue weighted by Gasteiger charge is -2.30. The maximum absolute atomic E-state index is 12.8. The average molecular weight is 426 g/mol. The second kappa shape index (κ2) is 10.3. The smallest absolute Gasteiger partial charge is 0.238 e. The number of benzene rings is 2. The molecule has 0 aromatic heterocycles. The lowest BCUT2D eigenvalue weighted by Crippen LogP contribution is -2.41. The lowest BCUT2D eigenvalue weighted by molar-refractivity contribution is -0.121. The van der Waals surface area contributed by atoms with Crippen molar-refractivity contribution >= 4 is 23.2 Å². The Kier molecular flexibility index (Phi) is 7.52. The van der Waals surface area contributed by atoms with Crippen molar-refractivity contribution in [2.24, 2.45) is 5.92 Å². The summed E-state index contributed by atoms with van der Waals surface area (Å²) < 4.78 is 10.6. The molecule has 2 aromatic rings. The summed E-state index contributed by atoms with van der Waals surface area (Å²) in [5, 5.41) is 5.95. The standard InChI is InChI=1S/C24H31N3O4/c1-16-5-7-20(17(2)13-16)25-23(28)15-27-11-9-18(10-12-27)24(29)26-21-14-19(30-3)6-8-22(21)31-4/h5-8,13-14,18H,9-12,15H2,1-4H3,(H,25,28)(H,26,29). The fourth-order valence-electron chi connectivity index (χ4n) is 3.85. The van der Waals surface area contributed by atoms with E-state index in [-0.39, 0.29) is 17.7 Å². The number of anilines is 2. The first-order valence-electron chi connectivity index (χ1n) is 10.5. The molecule has 1 aliphatic rings. The van der Waals surface area contributed by atoms with E-state index in [1.165, 1.54) is 5.56 Å². The highest BCUT2D eigenvalue weighted by Gasteiger charge is 2.26. The van der Waals surface area contributed by atoms with Gasteiger partial charge in [-0.3, -0.25) is 14.5 Å². The molecule has 31 heavy (non-hydrogen) atoms. The number of nitrogens with zero attached hydrogens (tertiary/aromatic N) is 1. The molecule has 0 unspecified atom stereocenters. The van der Waals surface area contributed by atoms with E-state index >= 15 is 0 Å². The van der Waals surface area contributed by atoms with Crippen LogP contribution in [0, 0.1) is 19.8 Å². The van der Waals surface area contributed by atoms with Gasteiger partial charge in [0, 0.05) is 17.7 Å². The Morgan fingerprint density at radius 3 is 2.35 bits per heavy atom. The van der Waals surface area contributed by atoms with E-state index in [9.17, 15) is 9.59 Å². The van der Waals surface area contributed by atoms with Crippen LogP contribution in [-0.4, -0.2) is 50.6 Å². The lowest BCUT2D eigenvalue weighted by atomic mass is 9.95. The van der Waals surface area contributed by atoms with Crippen LogP contribution in [0.4, 0.5) is 11.4 Å². The Labute approximate surface area is 183 Å². The maximum atomic E-state index is 12.8. The number of piperidine rings is 1. The summed E-state index contributed by atoms with van der Waals surface area (Å²) in [4.78, 5) is 27.3. The largest absolute Gasteiger partial charge is 0.497 e. The Morgan fingerprint density at radius 1 is 0.968 bits per heavy atom. The van der Waals surface area contributed by atoms with Crippen LogP contribution in [0.15, 0.2) is 36.4 Å². The van der Waals surface area contributed by atoms with Crippen molar-refractivity contribution in [3.05, 3.63) is 47.5 Å². The molecule has 0 saturated carbocycles. The van der Waals surface area contributed by atoms with Crippen LogP contribution < -0.4 is 20.1 Å². The molecule has 2 N–H and O–H groups in total. The highest BCUT2D eigenvalue weighted by atomic mass is 16.5. The number of nitrogens with one attached hydrogen (secondary N) is 2. The molecule has 2 aromatic carbocycles. The molecule has 3 rings (SSSR count). The molecule has 0 atom stereocenters. The van der Waals surface area contributed by atoms with Gasteiger partial charge in [0.15, 0.2) is 0 Å². The normalized spacial score (nSPS) is 14.7. The molecule has 1 heterocycles. The van der Waals surface area contributed by atoms with Crippen molar-refractivity contribution in [3.8, 4) is 11.5 Å².